The molecule has 1 aromatic rings. The number of nitriles is 1. The van der Waals surface area contributed by atoms with Crippen LogP contribution in [0.2, 0.25) is 0 Å². The first-order chi connectivity index (χ1) is 8.56. The molecule has 0 aromatic heterocycles. The third-order valence-corrected chi connectivity index (χ3v) is 2.28. The second kappa shape index (κ2) is 6.60. The number of nitrogens with one attached hydrogen (secondary N) is 1. The highest BCUT2D eigenvalue weighted by atomic mass is 19.1. The largest absolute Gasteiger partial charge is 0.466 e. The standard InChI is InChI=1S/C13H15FN2O2/c1-3-18-13(17)6-9(2)16-12-5-4-10(8-15)7-11(12)14/h4-5,7,9,16H,3,6H2,1-2H3. The van der Waals surface area contributed by atoms with Gasteiger partial charge in [-0.1, -0.05) is 0 Å². The number of esters is 1. The molecule has 0 amide bonds. The minimum atomic E-state index is -0.509. The molecular weight excluding hydrogens is 235 g/mol. The van der Waals surface area contributed by atoms with Crippen molar-refractivity contribution in [1.29, 1.82) is 5.26 Å². The lowest BCUT2D eigenvalue weighted by Crippen LogP contribution is -2.21. The molecule has 1 rings (SSSR count). The van der Waals surface area contributed by atoms with Crippen molar-refractivity contribution in [2.45, 2.75) is 26.3 Å². The first-order valence-electron chi connectivity index (χ1n) is 5.68. The summed E-state index contributed by atoms with van der Waals surface area (Å²) >= 11 is 0. The van der Waals surface area contributed by atoms with Crippen molar-refractivity contribution in [3.63, 3.8) is 0 Å². The van der Waals surface area contributed by atoms with E-state index in [0.717, 1.165) is 6.07 Å². The van der Waals surface area contributed by atoms with Crippen LogP contribution in [0.5, 0.6) is 0 Å². The van der Waals surface area contributed by atoms with E-state index in [1.165, 1.54) is 12.1 Å². The summed E-state index contributed by atoms with van der Waals surface area (Å²) in [6, 6.07) is 5.76. The predicted octanol–water partition coefficient (Wildman–Crippen LogP) is 2.45. The number of nitrogens with zero attached hydrogens (tertiary/aromatic N) is 1. The van der Waals surface area contributed by atoms with E-state index in [9.17, 15) is 9.18 Å². The summed E-state index contributed by atoms with van der Waals surface area (Å²) in [6.07, 6.45) is 0.160. The van der Waals surface area contributed by atoms with Gasteiger partial charge in [0.2, 0.25) is 0 Å². The fraction of sp³-hybridized carbons (Fsp3) is 0.385. The molecule has 0 bridgehead atoms. The molecule has 1 unspecified atom stereocenters. The number of hydrogen-bond donors (Lipinski definition) is 1. The van der Waals surface area contributed by atoms with Crippen molar-refractivity contribution < 1.29 is 13.9 Å². The lowest BCUT2D eigenvalue weighted by atomic mass is 10.2. The van der Waals surface area contributed by atoms with Crippen molar-refractivity contribution in [2.24, 2.45) is 0 Å². The zero-order chi connectivity index (χ0) is 13.5. The summed E-state index contributed by atoms with van der Waals surface area (Å²) in [6.45, 7) is 3.82. The number of benzene rings is 1. The third-order valence-electron chi connectivity index (χ3n) is 2.28. The zero-order valence-electron chi connectivity index (χ0n) is 10.4. The second-order valence-electron chi connectivity index (χ2n) is 3.86. The summed E-state index contributed by atoms with van der Waals surface area (Å²) in [7, 11) is 0. The van der Waals surface area contributed by atoms with E-state index in [-0.39, 0.29) is 29.7 Å². The zero-order valence-corrected chi connectivity index (χ0v) is 10.4. The average Bonchev–Trinajstić information content (AvgIpc) is 2.31. The van der Waals surface area contributed by atoms with Crippen LogP contribution in [-0.4, -0.2) is 18.6 Å². The lowest BCUT2D eigenvalue weighted by Gasteiger charge is -2.15. The maximum atomic E-state index is 13.6. The maximum absolute atomic E-state index is 13.6. The van der Waals surface area contributed by atoms with Crippen LogP contribution in [0.1, 0.15) is 25.8 Å². The molecule has 1 N–H and O–H groups in total. The van der Waals surface area contributed by atoms with Crippen molar-refractivity contribution in [3.05, 3.63) is 29.6 Å². The van der Waals surface area contributed by atoms with E-state index in [1.54, 1.807) is 13.8 Å². The van der Waals surface area contributed by atoms with Gasteiger partial charge >= 0.3 is 5.97 Å². The summed E-state index contributed by atoms with van der Waals surface area (Å²) in [5.74, 6) is -0.837. The van der Waals surface area contributed by atoms with Crippen LogP contribution >= 0.6 is 0 Å². The maximum Gasteiger partial charge on any atom is 0.307 e. The average molecular weight is 250 g/mol. The van der Waals surface area contributed by atoms with E-state index in [2.05, 4.69) is 5.32 Å². The molecule has 0 fully saturated rings. The Balaban J connectivity index is 2.62. The predicted molar refractivity (Wildman–Crippen MR) is 65.4 cm³/mol. The Morgan fingerprint density at radius 1 is 1.61 bits per heavy atom. The summed E-state index contributed by atoms with van der Waals surface area (Å²) < 4.78 is 18.4. The lowest BCUT2D eigenvalue weighted by molar-refractivity contribution is -0.143. The number of anilines is 1. The van der Waals surface area contributed by atoms with Gasteiger partial charge in [-0.3, -0.25) is 4.79 Å². The molecule has 1 aromatic carbocycles. The fourth-order valence-corrected chi connectivity index (χ4v) is 1.49. The summed E-state index contributed by atoms with van der Waals surface area (Å²) in [5.41, 5.74) is 0.530. The SMILES string of the molecule is CCOC(=O)CC(C)Nc1ccc(C#N)cc1F. The molecular formula is C13H15FN2O2. The number of carbonyl (C=O) groups is 1. The van der Waals surface area contributed by atoms with Gasteiger partial charge in [-0.25, -0.2) is 4.39 Å². The van der Waals surface area contributed by atoms with Crippen LogP contribution in [0, 0.1) is 17.1 Å². The van der Waals surface area contributed by atoms with Gasteiger partial charge in [-0.2, -0.15) is 5.26 Å². The molecule has 96 valence electrons. The number of rotatable bonds is 5. The molecule has 0 spiro atoms. The highest BCUT2D eigenvalue weighted by Gasteiger charge is 2.11. The summed E-state index contributed by atoms with van der Waals surface area (Å²) in [4.78, 5) is 11.2. The van der Waals surface area contributed by atoms with Crippen LogP contribution in [0.25, 0.3) is 0 Å². The van der Waals surface area contributed by atoms with Crippen molar-refractivity contribution >= 4 is 11.7 Å². The minimum absolute atomic E-state index is 0.160. The molecule has 0 radical (unpaired) electrons. The molecule has 0 heterocycles. The number of halogens is 1. The van der Waals surface area contributed by atoms with Crippen LogP contribution in [0.15, 0.2) is 18.2 Å². The van der Waals surface area contributed by atoms with Gasteiger partial charge in [0, 0.05) is 6.04 Å². The van der Waals surface area contributed by atoms with Crippen molar-refractivity contribution in [1.82, 2.24) is 0 Å². The number of hydrogen-bond acceptors (Lipinski definition) is 4. The Hall–Kier alpha value is -2.09. The summed E-state index contributed by atoms with van der Waals surface area (Å²) in [5, 5.41) is 11.5. The Morgan fingerprint density at radius 2 is 2.33 bits per heavy atom. The molecule has 1 atom stereocenters. The second-order valence-corrected chi connectivity index (χ2v) is 3.86. The van der Waals surface area contributed by atoms with E-state index in [4.69, 9.17) is 10.00 Å². The van der Waals surface area contributed by atoms with E-state index in [0.29, 0.717) is 6.61 Å². The van der Waals surface area contributed by atoms with Gasteiger partial charge in [0.25, 0.3) is 0 Å². The Kier molecular flexibility index (Phi) is 5.12. The Bertz CT molecular complexity index is 469. The van der Waals surface area contributed by atoms with Crippen LogP contribution in [0.4, 0.5) is 10.1 Å². The van der Waals surface area contributed by atoms with E-state index >= 15 is 0 Å². The van der Waals surface area contributed by atoms with Gasteiger partial charge in [-0.15, -0.1) is 0 Å². The molecule has 0 aliphatic heterocycles. The molecule has 18 heavy (non-hydrogen) atoms. The van der Waals surface area contributed by atoms with Crippen LogP contribution in [0.3, 0.4) is 0 Å². The van der Waals surface area contributed by atoms with Gasteiger partial charge in [0.15, 0.2) is 0 Å². The quantitative estimate of drug-likeness (QED) is 0.815. The smallest absolute Gasteiger partial charge is 0.307 e. The number of carbonyl (C=O) groups excluding carboxylic acids is 1. The molecule has 4 nitrogen and oxygen atoms in total. The van der Waals surface area contributed by atoms with Gasteiger partial charge in [-0.05, 0) is 32.0 Å². The molecule has 0 saturated carbocycles. The number of ether oxygens (including phenoxy) is 1. The van der Waals surface area contributed by atoms with Gasteiger partial charge in [0.05, 0.1) is 30.3 Å². The molecule has 5 heteroatoms. The molecule has 0 aliphatic rings. The fourth-order valence-electron chi connectivity index (χ4n) is 1.49. The normalized spacial score (nSPS) is 11.4. The van der Waals surface area contributed by atoms with Gasteiger partial charge < -0.3 is 10.1 Å². The molecule has 0 aliphatic carbocycles. The van der Waals surface area contributed by atoms with Crippen LogP contribution in [-0.2, 0) is 9.53 Å². The monoisotopic (exact) mass is 250 g/mol. The van der Waals surface area contributed by atoms with Gasteiger partial charge in [0.1, 0.15) is 5.82 Å². The van der Waals surface area contributed by atoms with Crippen molar-refractivity contribution in [2.75, 3.05) is 11.9 Å². The Labute approximate surface area is 105 Å². The molecule has 0 saturated heterocycles. The topological polar surface area (TPSA) is 62.1 Å². The van der Waals surface area contributed by atoms with E-state index < -0.39 is 5.82 Å². The Morgan fingerprint density at radius 3 is 2.89 bits per heavy atom. The first kappa shape index (κ1) is 14.0. The highest BCUT2D eigenvalue weighted by molar-refractivity contribution is 5.70. The van der Waals surface area contributed by atoms with E-state index in [1.807, 2.05) is 6.07 Å². The third kappa shape index (κ3) is 4.06. The van der Waals surface area contributed by atoms with Crippen molar-refractivity contribution in [3.8, 4) is 6.07 Å². The van der Waals surface area contributed by atoms with Crippen LogP contribution < -0.4 is 5.32 Å². The highest BCUT2D eigenvalue weighted by Crippen LogP contribution is 2.17. The minimum Gasteiger partial charge on any atom is -0.466 e. The first-order valence-corrected chi connectivity index (χ1v) is 5.68.